The van der Waals surface area contributed by atoms with Crippen molar-refractivity contribution in [3.8, 4) is 0 Å². The molecule has 0 saturated carbocycles. The molecule has 2 nitrogen and oxygen atoms in total. The number of thiazole rings is 1. The molecule has 78 valence electrons. The third kappa shape index (κ3) is 2.57. The Labute approximate surface area is 93.8 Å². The smallest absolute Gasteiger partial charge is 0.180 e. The van der Waals surface area contributed by atoms with E-state index in [-0.39, 0.29) is 0 Å². The molecule has 1 heterocycles. The van der Waals surface area contributed by atoms with E-state index in [4.69, 9.17) is 5.73 Å². The first kappa shape index (κ1) is 10.2. The van der Waals surface area contributed by atoms with Gasteiger partial charge in [-0.15, -0.1) is 11.3 Å². The van der Waals surface area contributed by atoms with Gasteiger partial charge < -0.3 is 5.73 Å². The maximum absolute atomic E-state index is 5.60. The van der Waals surface area contributed by atoms with Crippen LogP contribution in [0.3, 0.4) is 0 Å². The number of nitrogen functional groups attached to an aromatic ring is 1. The predicted molar refractivity (Wildman–Crippen MR) is 65.2 cm³/mol. The molecule has 2 rings (SSSR count). The third-order valence-corrected chi connectivity index (χ3v) is 3.18. The highest BCUT2D eigenvalue weighted by molar-refractivity contribution is 7.15. The van der Waals surface area contributed by atoms with Crippen LogP contribution in [0.1, 0.15) is 22.9 Å². The Kier molecular flexibility index (Phi) is 3.02. The first-order valence-corrected chi connectivity index (χ1v) is 5.87. The van der Waals surface area contributed by atoms with E-state index >= 15 is 0 Å². The molecule has 0 amide bonds. The zero-order valence-electron chi connectivity index (χ0n) is 8.73. The number of aromatic nitrogens is 1. The van der Waals surface area contributed by atoms with Gasteiger partial charge in [-0.1, -0.05) is 31.2 Å². The molecule has 0 aliphatic carbocycles. The van der Waals surface area contributed by atoms with E-state index in [1.807, 2.05) is 6.20 Å². The second kappa shape index (κ2) is 4.45. The first-order valence-electron chi connectivity index (χ1n) is 5.06. The zero-order valence-corrected chi connectivity index (χ0v) is 9.55. The highest BCUT2D eigenvalue weighted by atomic mass is 32.1. The summed E-state index contributed by atoms with van der Waals surface area (Å²) in [5.41, 5.74) is 8.31. The molecular formula is C12H14N2S. The monoisotopic (exact) mass is 218 g/mol. The number of anilines is 1. The number of nitrogens with zero attached hydrogens (tertiary/aromatic N) is 1. The van der Waals surface area contributed by atoms with Crippen LogP contribution >= 0.6 is 11.3 Å². The summed E-state index contributed by atoms with van der Waals surface area (Å²) in [4.78, 5) is 5.27. The van der Waals surface area contributed by atoms with Crippen LogP contribution in [0.5, 0.6) is 0 Å². The lowest BCUT2D eigenvalue weighted by atomic mass is 10.1. The Morgan fingerprint density at radius 1 is 1.33 bits per heavy atom. The molecule has 2 N–H and O–H groups in total. The number of nitrogens with two attached hydrogens (primary N) is 1. The van der Waals surface area contributed by atoms with Gasteiger partial charge >= 0.3 is 0 Å². The summed E-state index contributed by atoms with van der Waals surface area (Å²) >= 11 is 1.56. The first-order chi connectivity index (χ1) is 7.28. The molecule has 1 aromatic heterocycles. The van der Waals surface area contributed by atoms with E-state index in [0.717, 1.165) is 12.8 Å². The van der Waals surface area contributed by atoms with Crippen molar-refractivity contribution in [3.63, 3.8) is 0 Å². The summed E-state index contributed by atoms with van der Waals surface area (Å²) in [6.45, 7) is 2.17. The second-order valence-electron chi connectivity index (χ2n) is 3.52. The van der Waals surface area contributed by atoms with Gasteiger partial charge in [-0.05, 0) is 17.5 Å². The molecule has 0 atom stereocenters. The summed E-state index contributed by atoms with van der Waals surface area (Å²) in [6.07, 6.45) is 3.87. The van der Waals surface area contributed by atoms with Crippen molar-refractivity contribution < 1.29 is 0 Å². The van der Waals surface area contributed by atoms with E-state index in [1.54, 1.807) is 11.3 Å². The van der Waals surface area contributed by atoms with Gasteiger partial charge in [0.15, 0.2) is 5.13 Å². The third-order valence-electron chi connectivity index (χ3n) is 2.35. The number of hydrogen-bond acceptors (Lipinski definition) is 3. The quantitative estimate of drug-likeness (QED) is 0.860. The maximum atomic E-state index is 5.60. The van der Waals surface area contributed by atoms with E-state index in [1.165, 1.54) is 16.0 Å². The predicted octanol–water partition coefficient (Wildman–Crippen LogP) is 2.88. The SMILES string of the molecule is CCc1cccc(Cc2cnc(N)s2)c1. The zero-order chi connectivity index (χ0) is 10.7. The van der Waals surface area contributed by atoms with Gasteiger partial charge in [0.2, 0.25) is 0 Å². The number of aryl methyl sites for hydroxylation is 1. The number of rotatable bonds is 3. The Hall–Kier alpha value is -1.35. The Morgan fingerprint density at radius 2 is 2.13 bits per heavy atom. The van der Waals surface area contributed by atoms with E-state index in [2.05, 4.69) is 36.2 Å². The van der Waals surface area contributed by atoms with Crippen molar-refractivity contribution in [2.75, 3.05) is 5.73 Å². The number of benzene rings is 1. The van der Waals surface area contributed by atoms with Crippen molar-refractivity contribution in [2.45, 2.75) is 19.8 Å². The normalized spacial score (nSPS) is 10.5. The molecule has 0 spiro atoms. The lowest BCUT2D eigenvalue weighted by molar-refractivity contribution is 1.11. The average molecular weight is 218 g/mol. The summed E-state index contributed by atoms with van der Waals surface area (Å²) in [7, 11) is 0. The molecule has 3 heteroatoms. The van der Waals surface area contributed by atoms with Crippen LogP contribution < -0.4 is 5.73 Å². The molecule has 0 bridgehead atoms. The van der Waals surface area contributed by atoms with Crippen LogP contribution in [0.25, 0.3) is 0 Å². The minimum Gasteiger partial charge on any atom is -0.375 e. The fourth-order valence-corrected chi connectivity index (χ4v) is 2.28. The van der Waals surface area contributed by atoms with Crippen molar-refractivity contribution in [1.29, 1.82) is 0 Å². The molecule has 0 saturated heterocycles. The summed E-state index contributed by atoms with van der Waals surface area (Å²) in [5.74, 6) is 0. The average Bonchev–Trinajstić information content (AvgIpc) is 2.64. The molecule has 2 aromatic rings. The van der Waals surface area contributed by atoms with Crippen LogP contribution in [-0.2, 0) is 12.8 Å². The molecule has 15 heavy (non-hydrogen) atoms. The van der Waals surface area contributed by atoms with Crippen LogP contribution in [0, 0.1) is 0 Å². The standard InChI is InChI=1S/C12H14N2S/c1-2-9-4-3-5-10(6-9)7-11-8-14-12(13)15-11/h3-6,8H,2,7H2,1H3,(H2,13,14). The van der Waals surface area contributed by atoms with Crippen LogP contribution in [0.2, 0.25) is 0 Å². The van der Waals surface area contributed by atoms with Crippen LogP contribution in [0.4, 0.5) is 5.13 Å². The van der Waals surface area contributed by atoms with Crippen molar-refractivity contribution >= 4 is 16.5 Å². The van der Waals surface area contributed by atoms with E-state index in [9.17, 15) is 0 Å². The largest absolute Gasteiger partial charge is 0.375 e. The van der Waals surface area contributed by atoms with Crippen molar-refractivity contribution in [1.82, 2.24) is 4.98 Å². The Bertz CT molecular complexity index is 448. The second-order valence-corrected chi connectivity index (χ2v) is 4.66. The Morgan fingerprint density at radius 3 is 2.80 bits per heavy atom. The summed E-state index contributed by atoms with van der Waals surface area (Å²) in [5, 5.41) is 0.650. The minimum atomic E-state index is 0.650. The molecular weight excluding hydrogens is 204 g/mol. The van der Waals surface area contributed by atoms with Gasteiger partial charge in [0.1, 0.15) is 0 Å². The lowest BCUT2D eigenvalue weighted by Gasteiger charge is -2.01. The van der Waals surface area contributed by atoms with Gasteiger partial charge in [-0.3, -0.25) is 0 Å². The van der Waals surface area contributed by atoms with Crippen LogP contribution in [-0.4, -0.2) is 4.98 Å². The summed E-state index contributed by atoms with van der Waals surface area (Å²) in [6, 6.07) is 8.66. The fraction of sp³-hybridized carbons (Fsp3) is 0.250. The molecule has 0 fully saturated rings. The van der Waals surface area contributed by atoms with E-state index < -0.39 is 0 Å². The van der Waals surface area contributed by atoms with Gasteiger partial charge in [-0.25, -0.2) is 4.98 Å². The van der Waals surface area contributed by atoms with Crippen molar-refractivity contribution in [2.24, 2.45) is 0 Å². The number of hydrogen-bond donors (Lipinski definition) is 1. The molecule has 0 aliphatic heterocycles. The van der Waals surface area contributed by atoms with Gasteiger partial charge in [0.05, 0.1) is 0 Å². The highest BCUT2D eigenvalue weighted by Crippen LogP contribution is 2.19. The molecule has 0 aliphatic rings. The van der Waals surface area contributed by atoms with Gasteiger partial charge in [0, 0.05) is 17.5 Å². The van der Waals surface area contributed by atoms with E-state index in [0.29, 0.717) is 5.13 Å². The van der Waals surface area contributed by atoms with Gasteiger partial charge in [0.25, 0.3) is 0 Å². The minimum absolute atomic E-state index is 0.650. The van der Waals surface area contributed by atoms with Crippen molar-refractivity contribution in [3.05, 3.63) is 46.5 Å². The fourth-order valence-electron chi connectivity index (χ4n) is 1.57. The lowest BCUT2D eigenvalue weighted by Crippen LogP contribution is -1.87. The maximum Gasteiger partial charge on any atom is 0.180 e. The molecule has 0 unspecified atom stereocenters. The van der Waals surface area contributed by atoms with Crippen LogP contribution in [0.15, 0.2) is 30.5 Å². The summed E-state index contributed by atoms with van der Waals surface area (Å²) < 4.78 is 0. The molecule has 1 aromatic carbocycles. The molecule has 0 radical (unpaired) electrons. The highest BCUT2D eigenvalue weighted by Gasteiger charge is 2.01. The topological polar surface area (TPSA) is 38.9 Å². The van der Waals surface area contributed by atoms with Gasteiger partial charge in [-0.2, -0.15) is 0 Å². The Balaban J connectivity index is 2.16.